The first kappa shape index (κ1) is 14.1. The highest BCUT2D eigenvalue weighted by atomic mass is 16.6. The molecule has 2 bridgehead atoms. The third-order valence-corrected chi connectivity index (χ3v) is 5.72. The van der Waals surface area contributed by atoms with Gasteiger partial charge in [-0.2, -0.15) is 0 Å². The van der Waals surface area contributed by atoms with Crippen molar-refractivity contribution in [3.8, 4) is 11.1 Å². The van der Waals surface area contributed by atoms with Crippen molar-refractivity contribution >= 4 is 12.0 Å². The molecule has 0 unspecified atom stereocenters. The van der Waals surface area contributed by atoms with Crippen molar-refractivity contribution in [3.63, 3.8) is 0 Å². The Labute approximate surface area is 140 Å². The number of carbonyl (C=O) groups is 1. The van der Waals surface area contributed by atoms with Crippen LogP contribution in [-0.2, 0) is 4.74 Å². The molecule has 2 aromatic rings. The van der Waals surface area contributed by atoms with Gasteiger partial charge in [0, 0.05) is 24.1 Å². The summed E-state index contributed by atoms with van der Waals surface area (Å²) in [6.07, 6.45) is 3.67. The number of nitrogens with zero attached hydrogens (tertiary/aromatic N) is 2. The normalized spacial score (nSPS) is 31.7. The van der Waals surface area contributed by atoms with E-state index in [1.165, 1.54) is 0 Å². The number of anilines is 1. The van der Waals surface area contributed by atoms with Gasteiger partial charge in [-0.3, -0.25) is 4.90 Å². The van der Waals surface area contributed by atoms with E-state index in [4.69, 9.17) is 9.15 Å². The number of benzene rings is 1. The minimum absolute atomic E-state index is 0.280. The maximum Gasteiger partial charge on any atom is 0.417 e. The zero-order chi connectivity index (χ0) is 16.1. The highest BCUT2D eigenvalue weighted by Gasteiger charge is 2.56. The van der Waals surface area contributed by atoms with Crippen LogP contribution in [0.25, 0.3) is 11.1 Å². The van der Waals surface area contributed by atoms with E-state index in [1.807, 2.05) is 36.4 Å². The van der Waals surface area contributed by atoms with Gasteiger partial charge in [-0.05, 0) is 31.5 Å². The van der Waals surface area contributed by atoms with E-state index in [-0.39, 0.29) is 11.7 Å². The molecule has 4 saturated heterocycles. The number of rotatable bonds is 2. The molecule has 1 aromatic heterocycles. The van der Waals surface area contributed by atoms with Gasteiger partial charge in [0.05, 0.1) is 6.54 Å². The Balaban J connectivity index is 1.42. The third-order valence-electron chi connectivity index (χ3n) is 5.72. The zero-order valence-corrected chi connectivity index (χ0v) is 13.5. The highest BCUT2D eigenvalue weighted by Crippen LogP contribution is 2.43. The second-order valence-corrected chi connectivity index (χ2v) is 7.11. The summed E-state index contributed by atoms with van der Waals surface area (Å²) in [5.74, 6) is 1.05. The van der Waals surface area contributed by atoms with Gasteiger partial charge in [0.25, 0.3) is 0 Å². The monoisotopic (exact) mass is 324 g/mol. The molecule has 0 aliphatic carbocycles. The number of fused-ring (bicyclic) bond motifs is 2. The molecular formula is C19H20N2O3. The Hall–Kier alpha value is -2.27. The fourth-order valence-electron chi connectivity index (χ4n) is 4.43. The van der Waals surface area contributed by atoms with E-state index in [0.717, 1.165) is 43.6 Å². The standard InChI is InChI=1S/C19H20N2O3/c22-18-21(13-19(24-18)12-20-8-6-16(19)7-9-20)17-10-15(11-23-17)14-4-2-1-3-5-14/h1-5,10-11,16H,6-9,12-13H2/t19-/m1/s1. The number of amides is 1. The van der Waals surface area contributed by atoms with Gasteiger partial charge >= 0.3 is 6.09 Å². The lowest BCUT2D eigenvalue weighted by Gasteiger charge is -2.49. The van der Waals surface area contributed by atoms with Crippen LogP contribution in [0.15, 0.2) is 47.1 Å². The van der Waals surface area contributed by atoms with Crippen LogP contribution >= 0.6 is 0 Å². The minimum Gasteiger partial charge on any atom is -0.448 e. The van der Waals surface area contributed by atoms with Gasteiger partial charge in [-0.25, -0.2) is 9.69 Å². The SMILES string of the molecule is O=C1O[C@]2(CN3CCC2CC3)CN1c1cc(-c2ccccc2)co1. The molecule has 0 saturated carbocycles. The summed E-state index contributed by atoms with van der Waals surface area (Å²) in [5.41, 5.74) is 1.71. The lowest BCUT2D eigenvalue weighted by atomic mass is 9.75. The molecule has 1 atom stereocenters. The van der Waals surface area contributed by atoms with Crippen molar-refractivity contribution in [1.29, 1.82) is 0 Å². The molecule has 4 aliphatic heterocycles. The van der Waals surface area contributed by atoms with Crippen molar-refractivity contribution in [2.24, 2.45) is 5.92 Å². The molecule has 6 rings (SSSR count). The summed E-state index contributed by atoms with van der Waals surface area (Å²) in [6, 6.07) is 12.0. The summed E-state index contributed by atoms with van der Waals surface area (Å²) >= 11 is 0. The molecule has 124 valence electrons. The molecule has 1 spiro atoms. The number of hydrogen-bond donors (Lipinski definition) is 0. The Bertz CT molecular complexity index is 764. The van der Waals surface area contributed by atoms with Gasteiger partial charge in [0.15, 0.2) is 0 Å². The van der Waals surface area contributed by atoms with Gasteiger partial charge in [-0.15, -0.1) is 0 Å². The van der Waals surface area contributed by atoms with E-state index in [9.17, 15) is 4.79 Å². The van der Waals surface area contributed by atoms with Crippen LogP contribution in [0.4, 0.5) is 10.7 Å². The van der Waals surface area contributed by atoms with E-state index >= 15 is 0 Å². The van der Waals surface area contributed by atoms with Crippen LogP contribution in [0, 0.1) is 5.92 Å². The lowest BCUT2D eigenvalue weighted by molar-refractivity contribution is -0.0881. The summed E-state index contributed by atoms with van der Waals surface area (Å²) in [6.45, 7) is 3.70. The first-order chi connectivity index (χ1) is 11.7. The molecule has 0 radical (unpaired) electrons. The Morgan fingerprint density at radius 3 is 2.54 bits per heavy atom. The van der Waals surface area contributed by atoms with Crippen LogP contribution in [0.5, 0.6) is 0 Å². The molecule has 24 heavy (non-hydrogen) atoms. The van der Waals surface area contributed by atoms with Crippen LogP contribution in [-0.4, -0.2) is 42.8 Å². The Kier molecular flexibility index (Phi) is 3.00. The predicted octanol–water partition coefficient (Wildman–Crippen LogP) is 3.37. The summed E-state index contributed by atoms with van der Waals surface area (Å²) < 4.78 is 11.6. The molecule has 5 nitrogen and oxygen atoms in total. The lowest BCUT2D eigenvalue weighted by Crippen LogP contribution is -2.61. The number of carbonyl (C=O) groups excluding carboxylic acids is 1. The molecule has 1 amide bonds. The fraction of sp³-hybridized carbons (Fsp3) is 0.421. The number of ether oxygens (including phenoxy) is 1. The van der Waals surface area contributed by atoms with Gasteiger partial charge in [0.1, 0.15) is 11.9 Å². The van der Waals surface area contributed by atoms with Crippen molar-refractivity contribution in [2.45, 2.75) is 18.4 Å². The molecule has 5 heterocycles. The summed E-state index contributed by atoms with van der Waals surface area (Å²) in [4.78, 5) is 16.6. The minimum atomic E-state index is -0.354. The second kappa shape index (κ2) is 5.11. The van der Waals surface area contributed by atoms with Gasteiger partial charge in [0.2, 0.25) is 5.88 Å². The van der Waals surface area contributed by atoms with Crippen LogP contribution in [0.1, 0.15) is 12.8 Å². The van der Waals surface area contributed by atoms with Gasteiger partial charge < -0.3 is 9.15 Å². The second-order valence-electron chi connectivity index (χ2n) is 7.11. The average Bonchev–Trinajstić information content (AvgIpc) is 3.22. The fourth-order valence-corrected chi connectivity index (χ4v) is 4.43. The maximum absolute atomic E-state index is 12.5. The van der Waals surface area contributed by atoms with E-state index in [1.54, 1.807) is 11.2 Å². The summed E-state index contributed by atoms with van der Waals surface area (Å²) in [7, 11) is 0. The number of hydrogen-bond acceptors (Lipinski definition) is 4. The van der Waals surface area contributed by atoms with Gasteiger partial charge in [-0.1, -0.05) is 30.3 Å². The first-order valence-corrected chi connectivity index (χ1v) is 8.60. The quantitative estimate of drug-likeness (QED) is 0.850. The maximum atomic E-state index is 12.5. The van der Waals surface area contributed by atoms with E-state index in [0.29, 0.717) is 18.3 Å². The molecule has 4 aliphatic rings. The molecule has 4 fully saturated rings. The first-order valence-electron chi connectivity index (χ1n) is 8.60. The number of furan rings is 1. The Morgan fingerprint density at radius 2 is 1.83 bits per heavy atom. The average molecular weight is 324 g/mol. The van der Waals surface area contributed by atoms with Crippen LogP contribution in [0.3, 0.4) is 0 Å². The largest absolute Gasteiger partial charge is 0.448 e. The van der Waals surface area contributed by atoms with E-state index < -0.39 is 0 Å². The summed E-state index contributed by atoms with van der Waals surface area (Å²) in [5, 5.41) is 0. The smallest absolute Gasteiger partial charge is 0.417 e. The van der Waals surface area contributed by atoms with Crippen LogP contribution < -0.4 is 4.90 Å². The topological polar surface area (TPSA) is 45.9 Å². The Morgan fingerprint density at radius 1 is 1.04 bits per heavy atom. The zero-order valence-electron chi connectivity index (χ0n) is 13.5. The third kappa shape index (κ3) is 2.08. The molecule has 1 aromatic carbocycles. The van der Waals surface area contributed by atoms with Crippen LogP contribution in [0.2, 0.25) is 0 Å². The number of piperidine rings is 3. The van der Waals surface area contributed by atoms with Crippen molar-refractivity contribution in [1.82, 2.24) is 4.90 Å². The van der Waals surface area contributed by atoms with Crippen molar-refractivity contribution in [3.05, 3.63) is 42.7 Å². The predicted molar refractivity (Wildman–Crippen MR) is 89.9 cm³/mol. The molecular weight excluding hydrogens is 304 g/mol. The van der Waals surface area contributed by atoms with Crippen molar-refractivity contribution in [2.75, 3.05) is 31.1 Å². The van der Waals surface area contributed by atoms with Crippen molar-refractivity contribution < 1.29 is 13.9 Å². The molecule has 0 N–H and O–H groups in total. The molecule has 5 heteroatoms. The van der Waals surface area contributed by atoms with E-state index in [2.05, 4.69) is 4.90 Å². The highest BCUT2D eigenvalue weighted by molar-refractivity contribution is 5.89.